The molecule has 0 heterocycles. The molecule has 1 aromatic rings. The molecule has 106 valence electrons. The summed E-state index contributed by atoms with van der Waals surface area (Å²) in [6, 6.07) is 10.6. The zero-order chi connectivity index (χ0) is 13.7. The van der Waals surface area contributed by atoms with Crippen LogP contribution in [0.15, 0.2) is 30.3 Å². The number of rotatable bonds is 5. The zero-order valence-electron chi connectivity index (χ0n) is 11.8. The number of aliphatic hydroxyl groups is 1. The van der Waals surface area contributed by atoms with Gasteiger partial charge in [0.25, 0.3) is 0 Å². The third kappa shape index (κ3) is 4.03. The summed E-state index contributed by atoms with van der Waals surface area (Å²) < 4.78 is 0. The Bertz CT molecular complexity index is 368. The van der Waals surface area contributed by atoms with Crippen LogP contribution in [0.25, 0.3) is 0 Å². The van der Waals surface area contributed by atoms with E-state index >= 15 is 0 Å². The van der Waals surface area contributed by atoms with E-state index in [1.807, 2.05) is 18.2 Å². The van der Waals surface area contributed by atoms with E-state index in [9.17, 15) is 5.11 Å². The Labute approximate surface area is 116 Å². The average molecular weight is 262 g/mol. The molecule has 1 fully saturated rings. The van der Waals surface area contributed by atoms with Crippen molar-refractivity contribution < 1.29 is 5.11 Å². The molecule has 0 spiro atoms. The van der Waals surface area contributed by atoms with Gasteiger partial charge in [-0.1, -0.05) is 43.2 Å². The Morgan fingerprint density at radius 2 is 1.95 bits per heavy atom. The normalized spacial score (nSPS) is 25.5. The molecule has 3 heteroatoms. The number of hydrogen-bond donors (Lipinski definition) is 2. The summed E-state index contributed by atoms with van der Waals surface area (Å²) in [5, 5.41) is 10.0. The summed E-state index contributed by atoms with van der Waals surface area (Å²) in [5.41, 5.74) is 7.41. The molecule has 2 rings (SSSR count). The topological polar surface area (TPSA) is 49.5 Å². The van der Waals surface area contributed by atoms with Crippen LogP contribution in [0.1, 0.15) is 43.7 Å². The second-order valence-corrected chi connectivity index (χ2v) is 5.71. The maximum absolute atomic E-state index is 10.0. The smallest absolute Gasteiger partial charge is 0.0695 e. The van der Waals surface area contributed by atoms with E-state index in [0.29, 0.717) is 6.04 Å². The molecule has 3 atom stereocenters. The van der Waals surface area contributed by atoms with Crippen molar-refractivity contribution in [3.05, 3.63) is 35.9 Å². The predicted molar refractivity (Wildman–Crippen MR) is 78.9 cm³/mol. The lowest BCUT2D eigenvalue weighted by molar-refractivity contribution is 0.0311. The molecule has 1 saturated carbocycles. The molecular formula is C16H26N2O. The molecule has 0 aliphatic heterocycles. The highest BCUT2D eigenvalue weighted by Crippen LogP contribution is 2.23. The summed E-state index contributed by atoms with van der Waals surface area (Å²) in [4.78, 5) is 2.28. The van der Waals surface area contributed by atoms with E-state index in [0.717, 1.165) is 32.2 Å². The fourth-order valence-electron chi connectivity index (χ4n) is 2.98. The van der Waals surface area contributed by atoms with Crippen molar-refractivity contribution in [1.82, 2.24) is 4.90 Å². The van der Waals surface area contributed by atoms with Gasteiger partial charge in [-0.3, -0.25) is 0 Å². The first kappa shape index (κ1) is 14.5. The van der Waals surface area contributed by atoms with Gasteiger partial charge in [0.1, 0.15) is 0 Å². The van der Waals surface area contributed by atoms with E-state index in [2.05, 4.69) is 24.1 Å². The summed E-state index contributed by atoms with van der Waals surface area (Å²) >= 11 is 0. The number of nitrogens with zero attached hydrogens (tertiary/aromatic N) is 1. The van der Waals surface area contributed by atoms with Crippen LogP contribution in [-0.2, 0) is 0 Å². The van der Waals surface area contributed by atoms with Crippen LogP contribution in [0, 0.1) is 0 Å². The molecular weight excluding hydrogens is 236 g/mol. The number of hydrogen-bond acceptors (Lipinski definition) is 3. The first-order valence-electron chi connectivity index (χ1n) is 7.37. The van der Waals surface area contributed by atoms with E-state index in [4.69, 9.17) is 5.73 Å². The van der Waals surface area contributed by atoms with Crippen LogP contribution < -0.4 is 5.73 Å². The number of nitrogens with two attached hydrogens (primary N) is 1. The summed E-state index contributed by atoms with van der Waals surface area (Å²) in [7, 11) is 2.11. The Balaban J connectivity index is 1.81. The fraction of sp³-hybridized carbons (Fsp3) is 0.625. The van der Waals surface area contributed by atoms with E-state index in [1.54, 1.807) is 0 Å². The molecule has 1 aliphatic carbocycles. The van der Waals surface area contributed by atoms with Gasteiger partial charge in [0.2, 0.25) is 0 Å². The largest absolute Gasteiger partial charge is 0.391 e. The van der Waals surface area contributed by atoms with E-state index < -0.39 is 0 Å². The van der Waals surface area contributed by atoms with Gasteiger partial charge >= 0.3 is 0 Å². The van der Waals surface area contributed by atoms with Crippen LogP contribution in [-0.4, -0.2) is 35.7 Å². The monoisotopic (exact) mass is 262 g/mol. The minimum atomic E-state index is -0.160. The van der Waals surface area contributed by atoms with Crippen molar-refractivity contribution in [2.75, 3.05) is 13.6 Å². The Morgan fingerprint density at radius 1 is 1.26 bits per heavy atom. The lowest BCUT2D eigenvalue weighted by Crippen LogP contribution is -2.44. The number of likely N-dealkylation sites (N-methyl/N-ethyl adjacent to an activating group) is 1. The van der Waals surface area contributed by atoms with Crippen molar-refractivity contribution in [1.29, 1.82) is 0 Å². The molecule has 1 aliphatic rings. The maximum Gasteiger partial charge on any atom is 0.0695 e. The third-order valence-electron chi connectivity index (χ3n) is 4.28. The minimum Gasteiger partial charge on any atom is -0.391 e. The van der Waals surface area contributed by atoms with E-state index in [1.165, 1.54) is 12.0 Å². The van der Waals surface area contributed by atoms with Crippen molar-refractivity contribution in [2.45, 2.75) is 50.3 Å². The van der Waals surface area contributed by atoms with Crippen LogP contribution in [0.5, 0.6) is 0 Å². The highest BCUT2D eigenvalue weighted by molar-refractivity contribution is 5.18. The van der Waals surface area contributed by atoms with Gasteiger partial charge in [0.05, 0.1) is 6.10 Å². The fourth-order valence-corrected chi connectivity index (χ4v) is 2.98. The first-order chi connectivity index (χ1) is 9.18. The quantitative estimate of drug-likeness (QED) is 0.856. The summed E-state index contributed by atoms with van der Waals surface area (Å²) in [5.74, 6) is 0. The molecule has 1 aromatic carbocycles. The average Bonchev–Trinajstić information content (AvgIpc) is 2.46. The standard InChI is InChI=1S/C16H26N2O/c1-18(15-9-5-6-10-16(15)19)12-11-14(17)13-7-3-2-4-8-13/h2-4,7-8,14-16,19H,5-6,9-12,17H2,1H3. The Kier molecular flexibility index (Phi) is 5.37. The van der Waals surface area contributed by atoms with Gasteiger partial charge in [0.15, 0.2) is 0 Å². The second-order valence-electron chi connectivity index (χ2n) is 5.71. The van der Waals surface area contributed by atoms with E-state index in [-0.39, 0.29) is 12.1 Å². The Morgan fingerprint density at radius 3 is 2.63 bits per heavy atom. The molecule has 3 nitrogen and oxygen atoms in total. The lowest BCUT2D eigenvalue weighted by Gasteiger charge is -2.35. The molecule has 0 saturated heterocycles. The summed E-state index contributed by atoms with van der Waals surface area (Å²) in [6.07, 6.45) is 5.22. The van der Waals surface area contributed by atoms with Gasteiger partial charge in [-0.2, -0.15) is 0 Å². The molecule has 0 aromatic heterocycles. The molecule has 19 heavy (non-hydrogen) atoms. The second kappa shape index (κ2) is 7.04. The van der Waals surface area contributed by atoms with Crippen LogP contribution in [0.3, 0.4) is 0 Å². The highest BCUT2D eigenvalue weighted by Gasteiger charge is 2.26. The van der Waals surface area contributed by atoms with Crippen molar-refractivity contribution in [2.24, 2.45) is 5.73 Å². The van der Waals surface area contributed by atoms with Gasteiger partial charge in [0, 0.05) is 18.6 Å². The SMILES string of the molecule is CN(CCC(N)c1ccccc1)C1CCCCC1O. The highest BCUT2D eigenvalue weighted by atomic mass is 16.3. The Hall–Kier alpha value is -0.900. The van der Waals surface area contributed by atoms with Crippen LogP contribution >= 0.6 is 0 Å². The number of benzene rings is 1. The molecule has 3 unspecified atom stereocenters. The van der Waals surface area contributed by atoms with Gasteiger partial charge in [-0.15, -0.1) is 0 Å². The van der Waals surface area contributed by atoms with Gasteiger partial charge < -0.3 is 15.7 Å². The molecule has 0 amide bonds. The van der Waals surface area contributed by atoms with Crippen LogP contribution in [0.4, 0.5) is 0 Å². The summed E-state index contributed by atoms with van der Waals surface area (Å²) in [6.45, 7) is 0.942. The third-order valence-corrected chi connectivity index (χ3v) is 4.28. The van der Waals surface area contributed by atoms with Crippen LogP contribution in [0.2, 0.25) is 0 Å². The minimum absolute atomic E-state index is 0.0874. The molecule has 0 radical (unpaired) electrons. The zero-order valence-corrected chi connectivity index (χ0v) is 11.8. The lowest BCUT2D eigenvalue weighted by atomic mass is 9.91. The maximum atomic E-state index is 10.0. The van der Waals surface area contributed by atoms with Crippen molar-refractivity contribution >= 4 is 0 Å². The predicted octanol–water partition coefficient (Wildman–Crippen LogP) is 2.31. The first-order valence-corrected chi connectivity index (χ1v) is 7.37. The van der Waals surface area contributed by atoms with Gasteiger partial charge in [-0.05, 0) is 31.9 Å². The molecule has 3 N–H and O–H groups in total. The molecule has 0 bridgehead atoms. The van der Waals surface area contributed by atoms with Gasteiger partial charge in [-0.25, -0.2) is 0 Å². The van der Waals surface area contributed by atoms with Crippen molar-refractivity contribution in [3.8, 4) is 0 Å². The number of aliphatic hydroxyl groups excluding tert-OH is 1. The van der Waals surface area contributed by atoms with Crippen molar-refractivity contribution in [3.63, 3.8) is 0 Å².